The van der Waals surface area contributed by atoms with Crippen LogP contribution < -0.4 is 10.2 Å². The second-order valence-electron chi connectivity index (χ2n) is 4.96. The number of anilines is 1. The summed E-state index contributed by atoms with van der Waals surface area (Å²) < 4.78 is 0. The Labute approximate surface area is 110 Å². The van der Waals surface area contributed by atoms with Crippen molar-refractivity contribution in [2.45, 2.75) is 46.1 Å². The number of hydrogen-bond acceptors (Lipinski definition) is 4. The van der Waals surface area contributed by atoms with E-state index in [0.29, 0.717) is 6.04 Å². The molecule has 2 heterocycles. The van der Waals surface area contributed by atoms with Crippen LogP contribution in [0.1, 0.15) is 38.2 Å². The largest absolute Gasteiger partial charge is 0.352 e. The van der Waals surface area contributed by atoms with Crippen molar-refractivity contribution in [1.29, 1.82) is 0 Å². The van der Waals surface area contributed by atoms with E-state index in [2.05, 4.69) is 40.1 Å². The molecule has 1 saturated heterocycles. The van der Waals surface area contributed by atoms with E-state index in [1.54, 1.807) is 0 Å². The predicted octanol–water partition coefficient (Wildman–Crippen LogP) is 1.93. The zero-order chi connectivity index (χ0) is 13.0. The molecule has 0 spiro atoms. The van der Waals surface area contributed by atoms with Gasteiger partial charge in [0, 0.05) is 30.9 Å². The Hall–Kier alpha value is -1.16. The van der Waals surface area contributed by atoms with Crippen LogP contribution in [0.15, 0.2) is 6.07 Å². The minimum atomic E-state index is 0.587. The summed E-state index contributed by atoms with van der Waals surface area (Å²) in [5, 5.41) is 3.44. The first-order chi connectivity index (χ1) is 8.74. The summed E-state index contributed by atoms with van der Waals surface area (Å²) in [6.45, 7) is 9.63. The second-order valence-corrected chi connectivity index (χ2v) is 4.96. The quantitative estimate of drug-likeness (QED) is 0.864. The van der Waals surface area contributed by atoms with Gasteiger partial charge >= 0.3 is 0 Å². The van der Waals surface area contributed by atoms with Crippen LogP contribution in [0.3, 0.4) is 0 Å². The first-order valence-electron chi connectivity index (χ1n) is 7.06. The molecule has 4 nitrogen and oxygen atoms in total. The maximum atomic E-state index is 4.63. The first-order valence-corrected chi connectivity index (χ1v) is 7.06. The van der Waals surface area contributed by atoms with Crippen molar-refractivity contribution in [3.63, 3.8) is 0 Å². The van der Waals surface area contributed by atoms with E-state index in [9.17, 15) is 0 Å². The molecule has 0 amide bonds. The monoisotopic (exact) mass is 248 g/mol. The molecule has 1 aromatic heterocycles. The van der Waals surface area contributed by atoms with Crippen molar-refractivity contribution in [3.05, 3.63) is 17.6 Å². The Bertz CT molecular complexity index is 385. The van der Waals surface area contributed by atoms with Crippen LogP contribution in [0.5, 0.6) is 0 Å². The standard InChI is InChI=1S/C14H24N4/c1-4-8-18(13-6-7-15-10-13)14-9-12(5-2)16-11(3)17-14/h9,13,15H,4-8,10H2,1-3H3. The Morgan fingerprint density at radius 3 is 2.83 bits per heavy atom. The summed E-state index contributed by atoms with van der Waals surface area (Å²) in [5.74, 6) is 1.99. The third kappa shape index (κ3) is 2.99. The molecule has 1 aliphatic rings. The molecule has 0 radical (unpaired) electrons. The molecular weight excluding hydrogens is 224 g/mol. The van der Waals surface area contributed by atoms with Gasteiger partial charge in [-0.05, 0) is 32.7 Å². The third-order valence-corrected chi connectivity index (χ3v) is 3.47. The molecule has 100 valence electrons. The SMILES string of the molecule is CCCN(c1cc(CC)nc(C)n1)C1CCNC1. The highest BCUT2D eigenvalue weighted by Crippen LogP contribution is 2.19. The average Bonchev–Trinajstić information content (AvgIpc) is 2.88. The summed E-state index contributed by atoms with van der Waals surface area (Å²) in [7, 11) is 0. The van der Waals surface area contributed by atoms with Gasteiger partial charge in [0.25, 0.3) is 0 Å². The van der Waals surface area contributed by atoms with Gasteiger partial charge in [-0.3, -0.25) is 0 Å². The van der Waals surface area contributed by atoms with Crippen molar-refractivity contribution in [2.75, 3.05) is 24.5 Å². The summed E-state index contributed by atoms with van der Waals surface area (Å²) in [4.78, 5) is 11.6. The van der Waals surface area contributed by atoms with Crippen molar-refractivity contribution >= 4 is 5.82 Å². The van der Waals surface area contributed by atoms with Gasteiger partial charge in [-0.2, -0.15) is 0 Å². The van der Waals surface area contributed by atoms with Gasteiger partial charge < -0.3 is 10.2 Å². The van der Waals surface area contributed by atoms with E-state index in [1.165, 1.54) is 6.42 Å². The number of hydrogen-bond donors (Lipinski definition) is 1. The van der Waals surface area contributed by atoms with Crippen LogP contribution in [0.2, 0.25) is 0 Å². The molecule has 1 unspecified atom stereocenters. The van der Waals surface area contributed by atoms with Gasteiger partial charge in [-0.1, -0.05) is 13.8 Å². The van der Waals surface area contributed by atoms with E-state index in [4.69, 9.17) is 0 Å². The molecule has 0 saturated carbocycles. The normalized spacial score (nSPS) is 19.2. The van der Waals surface area contributed by atoms with Gasteiger partial charge in [0.05, 0.1) is 0 Å². The Morgan fingerprint density at radius 2 is 2.22 bits per heavy atom. The fraction of sp³-hybridized carbons (Fsp3) is 0.714. The molecule has 1 fully saturated rings. The summed E-state index contributed by atoms with van der Waals surface area (Å²) in [5.41, 5.74) is 1.14. The van der Waals surface area contributed by atoms with Gasteiger partial charge in [0.15, 0.2) is 0 Å². The second kappa shape index (κ2) is 6.14. The maximum Gasteiger partial charge on any atom is 0.132 e. The lowest BCUT2D eigenvalue weighted by molar-refractivity contribution is 0.615. The van der Waals surface area contributed by atoms with Gasteiger partial charge in [0.1, 0.15) is 11.6 Å². The number of nitrogens with one attached hydrogen (secondary N) is 1. The minimum absolute atomic E-state index is 0.587. The fourth-order valence-electron chi connectivity index (χ4n) is 2.57. The smallest absolute Gasteiger partial charge is 0.132 e. The van der Waals surface area contributed by atoms with Crippen molar-refractivity contribution < 1.29 is 0 Å². The third-order valence-electron chi connectivity index (χ3n) is 3.47. The molecule has 1 N–H and O–H groups in total. The zero-order valence-corrected chi connectivity index (χ0v) is 11.7. The summed E-state index contributed by atoms with van der Waals surface area (Å²) >= 11 is 0. The molecule has 1 aromatic rings. The van der Waals surface area contributed by atoms with Crippen LogP contribution in [0.25, 0.3) is 0 Å². The molecule has 0 bridgehead atoms. The maximum absolute atomic E-state index is 4.63. The van der Waals surface area contributed by atoms with E-state index in [0.717, 1.165) is 49.8 Å². The fourth-order valence-corrected chi connectivity index (χ4v) is 2.57. The molecule has 18 heavy (non-hydrogen) atoms. The van der Waals surface area contributed by atoms with E-state index in [-0.39, 0.29) is 0 Å². The van der Waals surface area contributed by atoms with Gasteiger partial charge in [-0.25, -0.2) is 9.97 Å². The van der Waals surface area contributed by atoms with Crippen LogP contribution in [0.4, 0.5) is 5.82 Å². The zero-order valence-electron chi connectivity index (χ0n) is 11.7. The highest BCUT2D eigenvalue weighted by molar-refractivity contribution is 5.41. The lowest BCUT2D eigenvalue weighted by Gasteiger charge is -2.29. The van der Waals surface area contributed by atoms with Crippen molar-refractivity contribution in [3.8, 4) is 0 Å². The molecule has 1 atom stereocenters. The highest BCUT2D eigenvalue weighted by Gasteiger charge is 2.23. The molecule has 4 heteroatoms. The van der Waals surface area contributed by atoms with E-state index in [1.807, 2.05) is 6.92 Å². The average molecular weight is 248 g/mol. The molecule has 2 rings (SSSR count). The first kappa shape index (κ1) is 13.3. The number of rotatable bonds is 5. The number of aromatic nitrogens is 2. The highest BCUT2D eigenvalue weighted by atomic mass is 15.2. The Kier molecular flexibility index (Phi) is 4.53. The molecule has 0 aliphatic carbocycles. The van der Waals surface area contributed by atoms with Crippen LogP contribution in [-0.4, -0.2) is 35.6 Å². The summed E-state index contributed by atoms with van der Waals surface area (Å²) in [6, 6.07) is 2.74. The Balaban J connectivity index is 2.25. The van der Waals surface area contributed by atoms with Gasteiger partial charge in [-0.15, -0.1) is 0 Å². The summed E-state index contributed by atoms with van der Waals surface area (Å²) in [6.07, 6.45) is 3.34. The Morgan fingerprint density at radius 1 is 1.39 bits per heavy atom. The van der Waals surface area contributed by atoms with Crippen molar-refractivity contribution in [1.82, 2.24) is 15.3 Å². The lowest BCUT2D eigenvalue weighted by Crippen LogP contribution is -2.38. The van der Waals surface area contributed by atoms with Crippen LogP contribution in [-0.2, 0) is 6.42 Å². The van der Waals surface area contributed by atoms with E-state index < -0.39 is 0 Å². The number of aryl methyl sites for hydroxylation is 2. The number of nitrogens with zero attached hydrogens (tertiary/aromatic N) is 3. The minimum Gasteiger partial charge on any atom is -0.352 e. The molecule has 1 aliphatic heterocycles. The molecule has 0 aromatic carbocycles. The van der Waals surface area contributed by atoms with Crippen LogP contribution in [0, 0.1) is 6.92 Å². The van der Waals surface area contributed by atoms with Crippen molar-refractivity contribution in [2.24, 2.45) is 0 Å². The van der Waals surface area contributed by atoms with E-state index >= 15 is 0 Å². The predicted molar refractivity (Wildman–Crippen MR) is 75.1 cm³/mol. The van der Waals surface area contributed by atoms with Gasteiger partial charge in [0.2, 0.25) is 0 Å². The molecular formula is C14H24N4. The topological polar surface area (TPSA) is 41.1 Å². The lowest BCUT2D eigenvalue weighted by atomic mass is 10.2. The van der Waals surface area contributed by atoms with Crippen LogP contribution >= 0.6 is 0 Å².